The molecule has 0 atom stereocenters. The number of hydrogen-bond donors (Lipinski definition) is 1. The molecule has 0 aliphatic rings. The zero-order chi connectivity index (χ0) is 18.4. The predicted molar refractivity (Wildman–Crippen MR) is 98.5 cm³/mol. The summed E-state index contributed by atoms with van der Waals surface area (Å²) in [6, 6.07) is 9.36. The van der Waals surface area contributed by atoms with Crippen molar-refractivity contribution in [1.82, 2.24) is 19.5 Å². The number of aryl methyl sites for hydroxylation is 1. The van der Waals surface area contributed by atoms with E-state index in [1.54, 1.807) is 24.5 Å². The van der Waals surface area contributed by atoms with Gasteiger partial charge in [-0.25, -0.2) is 15.0 Å². The molecule has 0 fully saturated rings. The molecule has 26 heavy (non-hydrogen) atoms. The smallest absolute Gasteiger partial charge is 0.353 e. The maximum Gasteiger partial charge on any atom is 0.353 e. The topological polar surface area (TPSA) is 102 Å². The van der Waals surface area contributed by atoms with Gasteiger partial charge in [0.25, 0.3) is 0 Å². The predicted octanol–water partition coefficient (Wildman–Crippen LogP) is 2.85. The van der Waals surface area contributed by atoms with Crippen LogP contribution in [0.2, 0.25) is 0 Å². The quantitative estimate of drug-likeness (QED) is 0.377. The van der Waals surface area contributed by atoms with E-state index in [0.29, 0.717) is 6.54 Å². The second kappa shape index (κ2) is 8.06. The number of nitrogens with zero attached hydrogens (tertiary/aromatic N) is 6. The largest absolute Gasteiger partial charge is 0.364 e. The van der Waals surface area contributed by atoms with Gasteiger partial charge in [-0.05, 0) is 18.6 Å². The van der Waals surface area contributed by atoms with Crippen LogP contribution in [0.25, 0.3) is 0 Å². The van der Waals surface area contributed by atoms with E-state index < -0.39 is 4.92 Å². The van der Waals surface area contributed by atoms with E-state index in [-0.39, 0.29) is 17.3 Å². The number of nitro groups is 1. The molecule has 3 rings (SSSR count). The highest BCUT2D eigenvalue weighted by atomic mass is 16.6. The highest BCUT2D eigenvalue weighted by molar-refractivity contribution is 5.75. The van der Waals surface area contributed by atoms with E-state index in [4.69, 9.17) is 0 Å². The van der Waals surface area contributed by atoms with E-state index in [9.17, 15) is 10.1 Å². The zero-order valence-corrected chi connectivity index (χ0v) is 14.3. The molecule has 0 saturated carbocycles. The number of hydrogen-bond acceptors (Lipinski definition) is 7. The zero-order valence-electron chi connectivity index (χ0n) is 14.3. The van der Waals surface area contributed by atoms with Crippen molar-refractivity contribution in [2.75, 3.05) is 23.8 Å². The first-order chi connectivity index (χ1) is 12.7. The summed E-state index contributed by atoms with van der Waals surface area (Å²) in [5, 5.41) is 14.7. The van der Waals surface area contributed by atoms with E-state index >= 15 is 0 Å². The molecule has 134 valence electrons. The number of rotatable bonds is 8. The van der Waals surface area contributed by atoms with Crippen LogP contribution in [0, 0.1) is 10.1 Å². The van der Waals surface area contributed by atoms with Crippen LogP contribution >= 0.6 is 0 Å². The van der Waals surface area contributed by atoms with Gasteiger partial charge in [-0.3, -0.25) is 10.1 Å². The molecule has 0 bridgehead atoms. The van der Waals surface area contributed by atoms with Gasteiger partial charge in [0.2, 0.25) is 11.6 Å². The van der Waals surface area contributed by atoms with E-state index in [2.05, 4.69) is 20.3 Å². The first-order valence-corrected chi connectivity index (χ1v) is 8.14. The van der Waals surface area contributed by atoms with Crippen molar-refractivity contribution in [3.63, 3.8) is 0 Å². The second-order valence-corrected chi connectivity index (χ2v) is 5.63. The molecule has 2 aromatic heterocycles. The summed E-state index contributed by atoms with van der Waals surface area (Å²) in [5.41, 5.74) is 0.668. The minimum absolute atomic E-state index is 0.138. The minimum atomic E-state index is -0.451. The van der Waals surface area contributed by atoms with Gasteiger partial charge in [-0.15, -0.1) is 0 Å². The summed E-state index contributed by atoms with van der Waals surface area (Å²) >= 11 is 0. The summed E-state index contributed by atoms with van der Waals surface area (Å²) in [6.07, 6.45) is 7.44. The number of benzene rings is 1. The Morgan fingerprint density at radius 3 is 2.77 bits per heavy atom. The molecular weight excluding hydrogens is 334 g/mol. The number of para-hydroxylation sites is 1. The lowest BCUT2D eigenvalue weighted by molar-refractivity contribution is -0.383. The molecule has 0 radical (unpaired) electrons. The van der Waals surface area contributed by atoms with Gasteiger partial charge < -0.3 is 14.8 Å². The van der Waals surface area contributed by atoms with Gasteiger partial charge >= 0.3 is 5.69 Å². The Hall–Kier alpha value is -3.49. The van der Waals surface area contributed by atoms with Crippen molar-refractivity contribution in [2.45, 2.75) is 13.0 Å². The van der Waals surface area contributed by atoms with Crippen LogP contribution in [0.1, 0.15) is 6.42 Å². The van der Waals surface area contributed by atoms with Crippen LogP contribution in [0.3, 0.4) is 0 Å². The number of anilines is 3. The average Bonchev–Trinajstić information content (AvgIpc) is 3.18. The molecule has 9 heteroatoms. The molecule has 1 N–H and O–H groups in total. The van der Waals surface area contributed by atoms with E-state index in [0.717, 1.165) is 18.7 Å². The third kappa shape index (κ3) is 3.94. The van der Waals surface area contributed by atoms with Gasteiger partial charge in [0.1, 0.15) is 6.33 Å². The highest BCUT2D eigenvalue weighted by Crippen LogP contribution is 2.34. The Morgan fingerprint density at radius 1 is 1.27 bits per heavy atom. The highest BCUT2D eigenvalue weighted by Gasteiger charge is 2.25. The summed E-state index contributed by atoms with van der Waals surface area (Å²) < 4.78 is 1.95. The molecule has 3 aromatic rings. The number of aromatic nitrogens is 4. The maximum absolute atomic E-state index is 11.6. The summed E-state index contributed by atoms with van der Waals surface area (Å²) in [6.45, 7) is 1.31. The summed E-state index contributed by atoms with van der Waals surface area (Å²) in [7, 11) is 1.74. The lowest BCUT2D eigenvalue weighted by atomic mass is 10.3. The first-order valence-electron chi connectivity index (χ1n) is 8.14. The van der Waals surface area contributed by atoms with Gasteiger partial charge in [-0.2, -0.15) is 0 Å². The number of imidazole rings is 1. The molecule has 2 heterocycles. The minimum Gasteiger partial charge on any atom is -0.364 e. The van der Waals surface area contributed by atoms with Gasteiger partial charge in [0.05, 0.1) is 11.3 Å². The molecule has 0 aliphatic heterocycles. The first kappa shape index (κ1) is 17.3. The second-order valence-electron chi connectivity index (χ2n) is 5.63. The molecule has 0 aliphatic carbocycles. The monoisotopic (exact) mass is 353 g/mol. The van der Waals surface area contributed by atoms with E-state index in [1.807, 2.05) is 41.1 Å². The van der Waals surface area contributed by atoms with Crippen molar-refractivity contribution < 1.29 is 4.92 Å². The Bertz CT molecular complexity index is 853. The molecule has 0 amide bonds. The van der Waals surface area contributed by atoms with Crippen LogP contribution in [0.4, 0.5) is 23.0 Å². The van der Waals surface area contributed by atoms with E-state index in [1.165, 1.54) is 6.33 Å². The fourth-order valence-electron chi connectivity index (χ4n) is 2.57. The normalized spacial score (nSPS) is 10.5. The maximum atomic E-state index is 11.6. The molecule has 0 unspecified atom stereocenters. The summed E-state index contributed by atoms with van der Waals surface area (Å²) in [5.74, 6) is 0.460. The van der Waals surface area contributed by atoms with Crippen LogP contribution in [0.5, 0.6) is 0 Å². The van der Waals surface area contributed by atoms with Crippen molar-refractivity contribution in [2.24, 2.45) is 0 Å². The van der Waals surface area contributed by atoms with Crippen molar-refractivity contribution in [3.05, 3.63) is 65.5 Å². The molecule has 0 spiro atoms. The molecule has 9 nitrogen and oxygen atoms in total. The average molecular weight is 353 g/mol. The fourth-order valence-corrected chi connectivity index (χ4v) is 2.57. The van der Waals surface area contributed by atoms with Crippen molar-refractivity contribution in [1.29, 1.82) is 0 Å². The summed E-state index contributed by atoms with van der Waals surface area (Å²) in [4.78, 5) is 25.0. The van der Waals surface area contributed by atoms with Crippen molar-refractivity contribution in [3.8, 4) is 0 Å². The Kier molecular flexibility index (Phi) is 5.37. The Morgan fingerprint density at radius 2 is 2.08 bits per heavy atom. The Labute approximate surface area is 150 Å². The number of nitrogens with one attached hydrogen (secondary N) is 1. The fraction of sp³-hybridized carbons (Fsp3) is 0.235. The molecule has 1 aromatic carbocycles. The third-order valence-corrected chi connectivity index (χ3v) is 3.89. The van der Waals surface area contributed by atoms with Gasteiger partial charge in [0.15, 0.2) is 0 Å². The van der Waals surface area contributed by atoms with Crippen LogP contribution < -0.4 is 10.2 Å². The van der Waals surface area contributed by atoms with Crippen LogP contribution in [0.15, 0.2) is 55.4 Å². The lowest BCUT2D eigenvalue weighted by Crippen LogP contribution is -2.16. The lowest BCUT2D eigenvalue weighted by Gasteiger charge is -2.18. The SMILES string of the molecule is CN(c1ccccc1)c1ncnc(NCCCn2ccnc2)c1[N+](=O)[O-]. The third-order valence-electron chi connectivity index (χ3n) is 3.89. The van der Waals surface area contributed by atoms with Crippen molar-refractivity contribution >= 4 is 23.0 Å². The van der Waals surface area contributed by atoms with Crippen LogP contribution in [-0.4, -0.2) is 38.0 Å². The Balaban J connectivity index is 1.76. The standard InChI is InChI=1S/C17H19N7O2/c1-22(14-6-3-2-4-7-14)17-15(24(25)26)16(20-12-21-17)19-8-5-10-23-11-9-18-13-23/h2-4,6-7,9,11-13H,5,8,10H2,1H3,(H,19,20,21). The molecular formula is C17H19N7O2. The van der Waals surface area contributed by atoms with Gasteiger partial charge in [0, 0.05) is 38.2 Å². The van der Waals surface area contributed by atoms with Crippen LogP contribution in [-0.2, 0) is 6.54 Å². The van der Waals surface area contributed by atoms with Gasteiger partial charge in [-0.1, -0.05) is 18.2 Å². The molecule has 0 saturated heterocycles.